The Morgan fingerprint density at radius 1 is 1.27 bits per heavy atom. The summed E-state index contributed by atoms with van der Waals surface area (Å²) in [7, 11) is 0. The lowest BCUT2D eigenvalue weighted by molar-refractivity contribution is -0.134. The summed E-state index contributed by atoms with van der Waals surface area (Å²) in [5.41, 5.74) is 0. The SMILES string of the molecule is O=C1CC(=O)C2CCCC2N1. The van der Waals surface area contributed by atoms with E-state index in [2.05, 4.69) is 5.32 Å². The normalized spacial score (nSPS) is 36.7. The van der Waals surface area contributed by atoms with Gasteiger partial charge in [0.1, 0.15) is 5.78 Å². The number of ketones is 1. The van der Waals surface area contributed by atoms with Gasteiger partial charge in [0.25, 0.3) is 0 Å². The van der Waals surface area contributed by atoms with Gasteiger partial charge in [-0.3, -0.25) is 9.59 Å². The highest BCUT2D eigenvalue weighted by molar-refractivity contribution is 6.02. The number of rotatable bonds is 0. The number of Topliss-reactive ketones (excluding diaryl/α,β-unsaturated/α-hetero) is 1. The molecule has 2 rings (SSSR count). The van der Waals surface area contributed by atoms with Crippen molar-refractivity contribution >= 4 is 11.7 Å². The molecule has 2 atom stereocenters. The molecule has 1 heterocycles. The number of piperidine rings is 1. The van der Waals surface area contributed by atoms with Crippen molar-refractivity contribution in [2.75, 3.05) is 0 Å². The molecule has 0 aromatic heterocycles. The van der Waals surface area contributed by atoms with Crippen molar-refractivity contribution in [1.29, 1.82) is 0 Å². The molecule has 11 heavy (non-hydrogen) atoms. The number of hydrogen-bond donors (Lipinski definition) is 1. The van der Waals surface area contributed by atoms with Crippen molar-refractivity contribution in [2.24, 2.45) is 5.92 Å². The molecule has 0 aromatic carbocycles. The van der Waals surface area contributed by atoms with Crippen LogP contribution in [0, 0.1) is 5.92 Å². The maximum Gasteiger partial charge on any atom is 0.227 e. The topological polar surface area (TPSA) is 46.2 Å². The van der Waals surface area contributed by atoms with Gasteiger partial charge in [-0.05, 0) is 12.8 Å². The standard InChI is InChI=1S/C8H11NO2/c10-7-4-8(11)9-6-3-1-2-5(6)7/h5-6H,1-4H2,(H,9,11). The second kappa shape index (κ2) is 2.32. The molecule has 0 radical (unpaired) electrons. The van der Waals surface area contributed by atoms with Gasteiger partial charge >= 0.3 is 0 Å². The average Bonchev–Trinajstić information content (AvgIpc) is 2.34. The van der Waals surface area contributed by atoms with Crippen LogP contribution < -0.4 is 5.32 Å². The fraction of sp³-hybridized carbons (Fsp3) is 0.750. The van der Waals surface area contributed by atoms with Gasteiger partial charge in [-0.1, -0.05) is 6.42 Å². The zero-order valence-electron chi connectivity index (χ0n) is 6.30. The second-order valence-electron chi connectivity index (χ2n) is 3.35. The molecule has 1 N–H and O–H groups in total. The van der Waals surface area contributed by atoms with Crippen molar-refractivity contribution in [1.82, 2.24) is 5.32 Å². The van der Waals surface area contributed by atoms with Crippen LogP contribution in [0.1, 0.15) is 25.7 Å². The predicted molar refractivity (Wildman–Crippen MR) is 38.9 cm³/mol. The number of carbonyl (C=O) groups is 2. The molecule has 1 saturated carbocycles. The predicted octanol–water partition coefficient (Wildman–Crippen LogP) is 0.244. The monoisotopic (exact) mass is 153 g/mol. The first-order valence-electron chi connectivity index (χ1n) is 4.09. The summed E-state index contributed by atoms with van der Waals surface area (Å²) in [6, 6.07) is 0.170. The Hall–Kier alpha value is -0.860. The maximum absolute atomic E-state index is 11.2. The molecule has 60 valence electrons. The van der Waals surface area contributed by atoms with Crippen LogP contribution in [0.25, 0.3) is 0 Å². The Bertz CT molecular complexity index is 212. The van der Waals surface area contributed by atoms with E-state index >= 15 is 0 Å². The minimum absolute atomic E-state index is 0.0850. The Kier molecular flexibility index (Phi) is 1.44. The molecule has 1 aliphatic carbocycles. The number of amides is 1. The van der Waals surface area contributed by atoms with E-state index in [-0.39, 0.29) is 30.1 Å². The third-order valence-electron chi connectivity index (χ3n) is 2.61. The van der Waals surface area contributed by atoms with E-state index in [1.807, 2.05) is 0 Å². The minimum atomic E-state index is -0.0850. The van der Waals surface area contributed by atoms with Crippen molar-refractivity contribution in [3.05, 3.63) is 0 Å². The van der Waals surface area contributed by atoms with Crippen LogP contribution in [0.3, 0.4) is 0 Å². The fourth-order valence-corrected chi connectivity index (χ4v) is 2.07. The first-order chi connectivity index (χ1) is 5.27. The third kappa shape index (κ3) is 1.04. The van der Waals surface area contributed by atoms with Crippen LogP contribution in [-0.4, -0.2) is 17.7 Å². The van der Waals surface area contributed by atoms with Crippen molar-refractivity contribution in [3.8, 4) is 0 Å². The van der Waals surface area contributed by atoms with Crippen LogP contribution in [0.5, 0.6) is 0 Å². The van der Waals surface area contributed by atoms with Gasteiger partial charge in [0.2, 0.25) is 5.91 Å². The van der Waals surface area contributed by atoms with E-state index in [4.69, 9.17) is 0 Å². The second-order valence-corrected chi connectivity index (χ2v) is 3.35. The largest absolute Gasteiger partial charge is 0.352 e. The highest BCUT2D eigenvalue weighted by Crippen LogP contribution is 2.29. The first kappa shape index (κ1) is 6.83. The van der Waals surface area contributed by atoms with E-state index in [1.54, 1.807) is 0 Å². The summed E-state index contributed by atoms with van der Waals surface area (Å²) >= 11 is 0. The van der Waals surface area contributed by atoms with Gasteiger partial charge in [-0.15, -0.1) is 0 Å². The van der Waals surface area contributed by atoms with Crippen LogP contribution >= 0.6 is 0 Å². The van der Waals surface area contributed by atoms with Gasteiger partial charge < -0.3 is 5.32 Å². The van der Waals surface area contributed by atoms with Crippen molar-refractivity contribution in [2.45, 2.75) is 31.7 Å². The Morgan fingerprint density at radius 3 is 2.91 bits per heavy atom. The molecule has 1 aliphatic heterocycles. The van der Waals surface area contributed by atoms with E-state index < -0.39 is 0 Å². The van der Waals surface area contributed by atoms with E-state index in [9.17, 15) is 9.59 Å². The number of hydrogen-bond acceptors (Lipinski definition) is 2. The molecule has 2 fully saturated rings. The van der Waals surface area contributed by atoms with Crippen molar-refractivity contribution in [3.63, 3.8) is 0 Å². The summed E-state index contributed by atoms with van der Waals surface area (Å²) in [6.45, 7) is 0. The minimum Gasteiger partial charge on any atom is -0.352 e. The lowest BCUT2D eigenvalue weighted by Crippen LogP contribution is -2.46. The molecule has 3 heteroatoms. The highest BCUT2D eigenvalue weighted by Gasteiger charge is 2.38. The first-order valence-corrected chi connectivity index (χ1v) is 4.09. The van der Waals surface area contributed by atoms with Crippen LogP contribution in [0.2, 0.25) is 0 Å². The van der Waals surface area contributed by atoms with Gasteiger partial charge in [0.05, 0.1) is 6.42 Å². The van der Waals surface area contributed by atoms with E-state index in [0.29, 0.717) is 0 Å². The molecule has 0 spiro atoms. The molecule has 2 aliphatic rings. The van der Waals surface area contributed by atoms with Crippen molar-refractivity contribution < 1.29 is 9.59 Å². The third-order valence-corrected chi connectivity index (χ3v) is 2.61. The Labute approximate surface area is 65.2 Å². The summed E-state index contributed by atoms with van der Waals surface area (Å²) in [5.74, 6) is 0.210. The zero-order valence-corrected chi connectivity index (χ0v) is 6.30. The summed E-state index contributed by atoms with van der Waals surface area (Å²) in [6.07, 6.45) is 3.16. The number of nitrogens with one attached hydrogen (secondary N) is 1. The molecule has 1 amide bonds. The Morgan fingerprint density at radius 2 is 2.09 bits per heavy atom. The van der Waals surface area contributed by atoms with Crippen LogP contribution in [0.4, 0.5) is 0 Å². The molecule has 2 unspecified atom stereocenters. The van der Waals surface area contributed by atoms with Crippen LogP contribution in [0.15, 0.2) is 0 Å². The zero-order chi connectivity index (χ0) is 7.84. The smallest absolute Gasteiger partial charge is 0.227 e. The summed E-state index contributed by atoms with van der Waals surface area (Å²) < 4.78 is 0. The maximum atomic E-state index is 11.2. The fourth-order valence-electron chi connectivity index (χ4n) is 2.07. The van der Waals surface area contributed by atoms with Gasteiger partial charge in [0.15, 0.2) is 0 Å². The quantitative estimate of drug-likeness (QED) is 0.507. The molecule has 1 saturated heterocycles. The molecular formula is C8H11NO2. The summed E-state index contributed by atoms with van der Waals surface area (Å²) in [4.78, 5) is 22.1. The van der Waals surface area contributed by atoms with E-state index in [1.165, 1.54) is 0 Å². The molecule has 0 aromatic rings. The lowest BCUT2D eigenvalue weighted by atomic mass is 9.92. The molecular weight excluding hydrogens is 142 g/mol. The van der Waals surface area contributed by atoms with Gasteiger partial charge in [-0.25, -0.2) is 0 Å². The lowest BCUT2D eigenvalue weighted by Gasteiger charge is -2.24. The van der Waals surface area contributed by atoms with Gasteiger partial charge in [-0.2, -0.15) is 0 Å². The number of fused-ring (bicyclic) bond motifs is 1. The number of carbonyl (C=O) groups excluding carboxylic acids is 2. The molecule has 0 bridgehead atoms. The molecule has 3 nitrogen and oxygen atoms in total. The van der Waals surface area contributed by atoms with Gasteiger partial charge in [0, 0.05) is 12.0 Å². The average molecular weight is 153 g/mol. The highest BCUT2D eigenvalue weighted by atomic mass is 16.2. The van der Waals surface area contributed by atoms with E-state index in [0.717, 1.165) is 19.3 Å². The summed E-state index contributed by atoms with van der Waals surface area (Å²) in [5, 5.41) is 2.85. The Balaban J connectivity index is 2.16. The van der Waals surface area contributed by atoms with Crippen LogP contribution in [-0.2, 0) is 9.59 Å².